The van der Waals surface area contributed by atoms with Crippen molar-refractivity contribution in [3.63, 3.8) is 0 Å². The van der Waals surface area contributed by atoms with Crippen molar-refractivity contribution in [2.75, 3.05) is 20.6 Å². The van der Waals surface area contributed by atoms with Crippen LogP contribution in [0.15, 0.2) is 22.9 Å². The Hall–Kier alpha value is -0.940. The third-order valence-electron chi connectivity index (χ3n) is 3.78. The number of carbonyl (C=O) groups is 1. The van der Waals surface area contributed by atoms with E-state index in [-0.39, 0.29) is 11.4 Å². The highest BCUT2D eigenvalue weighted by Gasteiger charge is 2.39. The van der Waals surface area contributed by atoms with E-state index in [4.69, 9.17) is 0 Å². The van der Waals surface area contributed by atoms with Crippen molar-refractivity contribution in [3.8, 4) is 0 Å². The highest BCUT2D eigenvalue weighted by Crippen LogP contribution is 2.35. The Morgan fingerprint density at radius 2 is 2.22 bits per heavy atom. The zero-order valence-corrected chi connectivity index (χ0v) is 12.3. The standard InChI is InChI=1S/C13H18BrN3O/c1-17(2)13(4-3-5-13)9-16-12(18)10-6-11(14)8-15-7-10/h6-8H,3-5,9H2,1-2H3,(H,16,18). The predicted octanol–water partition coefficient (Wildman–Crippen LogP) is 2.06. The van der Waals surface area contributed by atoms with Gasteiger partial charge in [0, 0.05) is 29.0 Å². The van der Waals surface area contributed by atoms with Gasteiger partial charge >= 0.3 is 0 Å². The number of carbonyl (C=O) groups excluding carboxylic acids is 1. The highest BCUT2D eigenvalue weighted by atomic mass is 79.9. The number of pyridine rings is 1. The molecule has 1 heterocycles. The Morgan fingerprint density at radius 1 is 1.50 bits per heavy atom. The van der Waals surface area contributed by atoms with Crippen molar-refractivity contribution < 1.29 is 4.79 Å². The van der Waals surface area contributed by atoms with Gasteiger partial charge in [0.2, 0.25) is 0 Å². The van der Waals surface area contributed by atoms with Crippen LogP contribution in [0.5, 0.6) is 0 Å². The summed E-state index contributed by atoms with van der Waals surface area (Å²) in [6.07, 6.45) is 6.80. The summed E-state index contributed by atoms with van der Waals surface area (Å²) in [5.41, 5.74) is 0.743. The van der Waals surface area contributed by atoms with Crippen molar-refractivity contribution in [1.29, 1.82) is 0 Å². The molecule has 1 saturated carbocycles. The molecular formula is C13H18BrN3O. The topological polar surface area (TPSA) is 45.2 Å². The summed E-state index contributed by atoms with van der Waals surface area (Å²) in [4.78, 5) is 18.2. The van der Waals surface area contributed by atoms with Gasteiger partial charge in [0.1, 0.15) is 0 Å². The van der Waals surface area contributed by atoms with Gasteiger partial charge in [-0.15, -0.1) is 0 Å². The Bertz CT molecular complexity index is 444. The molecule has 0 bridgehead atoms. The second kappa shape index (κ2) is 5.36. The van der Waals surface area contributed by atoms with Crippen LogP contribution in [-0.4, -0.2) is 42.0 Å². The second-order valence-electron chi connectivity index (χ2n) is 5.05. The number of aromatic nitrogens is 1. The summed E-state index contributed by atoms with van der Waals surface area (Å²) in [7, 11) is 4.15. The molecule has 1 aliphatic rings. The molecule has 4 nitrogen and oxygen atoms in total. The van der Waals surface area contributed by atoms with Gasteiger partial charge in [0.15, 0.2) is 0 Å². The third-order valence-corrected chi connectivity index (χ3v) is 4.21. The Morgan fingerprint density at radius 3 is 2.72 bits per heavy atom. The fraction of sp³-hybridized carbons (Fsp3) is 0.538. The van der Waals surface area contributed by atoms with Gasteiger partial charge in [0.05, 0.1) is 5.56 Å². The van der Waals surface area contributed by atoms with E-state index < -0.39 is 0 Å². The van der Waals surface area contributed by atoms with Crippen molar-refractivity contribution in [3.05, 3.63) is 28.5 Å². The van der Waals surface area contributed by atoms with Gasteiger partial charge in [-0.2, -0.15) is 0 Å². The molecule has 1 fully saturated rings. The molecule has 98 valence electrons. The molecule has 1 aromatic rings. The first-order valence-electron chi connectivity index (χ1n) is 6.10. The third kappa shape index (κ3) is 2.72. The maximum absolute atomic E-state index is 12.0. The quantitative estimate of drug-likeness (QED) is 0.925. The fourth-order valence-electron chi connectivity index (χ4n) is 2.25. The largest absolute Gasteiger partial charge is 0.350 e. The molecule has 0 unspecified atom stereocenters. The molecular weight excluding hydrogens is 294 g/mol. The molecule has 0 atom stereocenters. The summed E-state index contributed by atoms with van der Waals surface area (Å²) in [5, 5.41) is 3.01. The van der Waals surface area contributed by atoms with Crippen molar-refractivity contribution in [2.24, 2.45) is 0 Å². The van der Waals surface area contributed by atoms with E-state index in [1.165, 1.54) is 6.42 Å². The van der Waals surface area contributed by atoms with E-state index in [0.717, 1.165) is 17.3 Å². The monoisotopic (exact) mass is 311 g/mol. The summed E-state index contributed by atoms with van der Waals surface area (Å²) in [6, 6.07) is 1.78. The smallest absolute Gasteiger partial charge is 0.252 e. The zero-order chi connectivity index (χ0) is 13.2. The maximum Gasteiger partial charge on any atom is 0.252 e. The summed E-state index contributed by atoms with van der Waals surface area (Å²) in [6.45, 7) is 0.700. The van der Waals surface area contributed by atoms with Gasteiger partial charge in [0.25, 0.3) is 5.91 Å². The van der Waals surface area contributed by atoms with Crippen LogP contribution in [0.25, 0.3) is 0 Å². The number of nitrogens with one attached hydrogen (secondary N) is 1. The van der Waals surface area contributed by atoms with Crippen molar-refractivity contribution in [1.82, 2.24) is 15.2 Å². The van der Waals surface area contributed by atoms with Gasteiger partial charge in [-0.05, 0) is 55.4 Å². The lowest BCUT2D eigenvalue weighted by Crippen LogP contribution is -2.57. The summed E-state index contributed by atoms with van der Waals surface area (Å²) < 4.78 is 0.820. The molecule has 1 amide bonds. The van der Waals surface area contributed by atoms with Crippen molar-refractivity contribution >= 4 is 21.8 Å². The minimum atomic E-state index is -0.0584. The first-order chi connectivity index (χ1) is 8.53. The fourth-order valence-corrected chi connectivity index (χ4v) is 2.61. The van der Waals surface area contributed by atoms with E-state index >= 15 is 0 Å². The molecule has 18 heavy (non-hydrogen) atoms. The van der Waals surface area contributed by atoms with Crippen molar-refractivity contribution in [2.45, 2.75) is 24.8 Å². The van der Waals surface area contributed by atoms with Gasteiger partial charge in [-0.3, -0.25) is 9.78 Å². The van der Waals surface area contributed by atoms with E-state index in [1.54, 1.807) is 18.5 Å². The average Bonchev–Trinajstić information content (AvgIpc) is 2.26. The zero-order valence-electron chi connectivity index (χ0n) is 10.7. The minimum Gasteiger partial charge on any atom is -0.350 e. The predicted molar refractivity (Wildman–Crippen MR) is 74.5 cm³/mol. The minimum absolute atomic E-state index is 0.0584. The number of rotatable bonds is 4. The Kier molecular flexibility index (Phi) is 4.02. The van der Waals surface area contributed by atoms with Crippen LogP contribution in [-0.2, 0) is 0 Å². The van der Waals surface area contributed by atoms with Crippen LogP contribution >= 0.6 is 15.9 Å². The summed E-state index contributed by atoms with van der Waals surface area (Å²) >= 11 is 3.32. The molecule has 1 aliphatic carbocycles. The first kappa shape index (κ1) is 13.5. The van der Waals surface area contributed by atoms with Gasteiger partial charge in [-0.1, -0.05) is 0 Å². The van der Waals surface area contributed by atoms with Gasteiger partial charge < -0.3 is 10.2 Å². The van der Waals surface area contributed by atoms with Crippen LogP contribution in [0.2, 0.25) is 0 Å². The molecule has 0 aromatic carbocycles. The Labute approximate surface area is 116 Å². The maximum atomic E-state index is 12.0. The van der Waals surface area contributed by atoms with E-state index in [1.807, 2.05) is 0 Å². The number of likely N-dealkylation sites (N-methyl/N-ethyl adjacent to an activating group) is 1. The lowest BCUT2D eigenvalue weighted by atomic mass is 9.75. The molecule has 1 N–H and O–H groups in total. The SMILES string of the molecule is CN(C)C1(CNC(=O)c2cncc(Br)c2)CCC1. The molecule has 0 aliphatic heterocycles. The van der Waals surface area contributed by atoms with Crippen LogP contribution < -0.4 is 5.32 Å². The molecule has 0 spiro atoms. The number of amides is 1. The van der Waals surface area contributed by atoms with Crippen LogP contribution in [0, 0.1) is 0 Å². The molecule has 1 aromatic heterocycles. The van der Waals surface area contributed by atoms with Gasteiger partial charge in [-0.25, -0.2) is 0 Å². The lowest BCUT2D eigenvalue weighted by Gasteiger charge is -2.47. The number of nitrogens with zero attached hydrogens (tertiary/aromatic N) is 2. The number of hydrogen-bond donors (Lipinski definition) is 1. The van der Waals surface area contributed by atoms with Crippen LogP contribution in [0.4, 0.5) is 0 Å². The summed E-state index contributed by atoms with van der Waals surface area (Å²) in [5.74, 6) is -0.0584. The second-order valence-corrected chi connectivity index (χ2v) is 5.96. The lowest BCUT2D eigenvalue weighted by molar-refractivity contribution is 0.0557. The van der Waals surface area contributed by atoms with E-state index in [9.17, 15) is 4.79 Å². The number of halogens is 1. The van der Waals surface area contributed by atoms with E-state index in [2.05, 4.69) is 45.2 Å². The van der Waals surface area contributed by atoms with Crippen LogP contribution in [0.3, 0.4) is 0 Å². The highest BCUT2D eigenvalue weighted by molar-refractivity contribution is 9.10. The normalized spacial score (nSPS) is 17.3. The van der Waals surface area contributed by atoms with Crippen LogP contribution in [0.1, 0.15) is 29.6 Å². The molecule has 2 rings (SSSR count). The number of hydrogen-bond acceptors (Lipinski definition) is 3. The average molecular weight is 312 g/mol. The van der Waals surface area contributed by atoms with E-state index in [0.29, 0.717) is 12.1 Å². The molecule has 0 radical (unpaired) electrons. The molecule has 5 heteroatoms. The first-order valence-corrected chi connectivity index (χ1v) is 6.89. The Balaban J connectivity index is 1.96. The molecule has 0 saturated heterocycles.